The van der Waals surface area contributed by atoms with Crippen LogP contribution in [0.1, 0.15) is 5.69 Å². The number of nitrogens with zero attached hydrogens (tertiary/aromatic N) is 1. The van der Waals surface area contributed by atoms with Gasteiger partial charge in [0.25, 0.3) is 0 Å². The first-order valence-electron chi connectivity index (χ1n) is 6.53. The van der Waals surface area contributed by atoms with E-state index in [4.69, 9.17) is 10.8 Å². The molecule has 1 aromatic carbocycles. The van der Waals surface area contributed by atoms with Crippen LogP contribution >= 0.6 is 12.4 Å². The number of sulfone groups is 1. The van der Waals surface area contributed by atoms with Gasteiger partial charge >= 0.3 is 0 Å². The van der Waals surface area contributed by atoms with E-state index in [0.717, 1.165) is 17.0 Å². The summed E-state index contributed by atoms with van der Waals surface area (Å²) in [5.41, 5.74) is 8.08. The lowest BCUT2D eigenvalue weighted by molar-refractivity contribution is 0.264. The van der Waals surface area contributed by atoms with Crippen LogP contribution in [0.15, 0.2) is 47.4 Å². The lowest BCUT2D eigenvalue weighted by Crippen LogP contribution is -2.27. The molecule has 2 aromatic rings. The Balaban J connectivity index is 0.00000242. The third-order valence-electron chi connectivity index (χ3n) is 3.09. The van der Waals surface area contributed by atoms with Crippen molar-refractivity contribution < 1.29 is 13.5 Å². The third-order valence-corrected chi connectivity index (χ3v) is 4.22. The van der Waals surface area contributed by atoms with Gasteiger partial charge in [-0.2, -0.15) is 0 Å². The maximum atomic E-state index is 11.4. The number of aliphatic hydroxyl groups is 1. The normalized spacial score (nSPS) is 12.5. The number of aliphatic hydroxyl groups excluding tert-OH is 1. The Morgan fingerprint density at radius 1 is 1.18 bits per heavy atom. The molecule has 0 aliphatic carbocycles. The van der Waals surface area contributed by atoms with E-state index < -0.39 is 9.84 Å². The van der Waals surface area contributed by atoms with Crippen LogP contribution in [0.25, 0.3) is 11.3 Å². The van der Waals surface area contributed by atoms with Crippen LogP contribution in [0, 0.1) is 0 Å². The molecule has 0 radical (unpaired) electrons. The van der Waals surface area contributed by atoms with Crippen LogP contribution in [-0.2, 0) is 16.3 Å². The lowest BCUT2D eigenvalue weighted by Gasteiger charge is -2.09. The van der Waals surface area contributed by atoms with E-state index in [9.17, 15) is 8.42 Å². The Morgan fingerprint density at radius 3 is 2.36 bits per heavy atom. The van der Waals surface area contributed by atoms with Gasteiger partial charge in [0, 0.05) is 30.0 Å². The molecule has 1 unspecified atom stereocenters. The van der Waals surface area contributed by atoms with Crippen LogP contribution in [0.2, 0.25) is 0 Å². The molecule has 0 aliphatic heterocycles. The van der Waals surface area contributed by atoms with Crippen molar-refractivity contribution in [2.45, 2.75) is 17.4 Å². The molecule has 1 heterocycles. The van der Waals surface area contributed by atoms with Crippen molar-refractivity contribution in [3.63, 3.8) is 0 Å². The Morgan fingerprint density at radius 2 is 1.82 bits per heavy atom. The van der Waals surface area contributed by atoms with Crippen LogP contribution in [0.5, 0.6) is 0 Å². The first-order valence-corrected chi connectivity index (χ1v) is 8.42. The molecule has 0 saturated heterocycles. The number of pyridine rings is 1. The summed E-state index contributed by atoms with van der Waals surface area (Å²) in [5, 5.41) is 8.98. The highest BCUT2D eigenvalue weighted by atomic mass is 35.5. The maximum absolute atomic E-state index is 11.4. The average molecular weight is 343 g/mol. The Hall–Kier alpha value is -1.47. The number of hydrogen-bond donors (Lipinski definition) is 2. The summed E-state index contributed by atoms with van der Waals surface area (Å²) in [4.78, 5) is 4.76. The molecule has 0 aliphatic rings. The Bertz CT molecular complexity index is 718. The smallest absolute Gasteiger partial charge is 0.175 e. The van der Waals surface area contributed by atoms with E-state index in [1.165, 1.54) is 6.26 Å². The molecule has 1 aromatic heterocycles. The summed E-state index contributed by atoms with van der Waals surface area (Å²) >= 11 is 0. The number of hydrogen-bond acceptors (Lipinski definition) is 5. The molecular weight excluding hydrogens is 324 g/mol. The topological polar surface area (TPSA) is 93.3 Å². The van der Waals surface area contributed by atoms with E-state index >= 15 is 0 Å². The highest BCUT2D eigenvalue weighted by molar-refractivity contribution is 7.90. The summed E-state index contributed by atoms with van der Waals surface area (Å²) in [6.45, 7) is -0.0883. The molecule has 0 bridgehead atoms. The van der Waals surface area contributed by atoms with Gasteiger partial charge in [-0.1, -0.05) is 18.2 Å². The van der Waals surface area contributed by atoms with Crippen molar-refractivity contribution in [1.29, 1.82) is 0 Å². The van der Waals surface area contributed by atoms with Gasteiger partial charge in [-0.3, -0.25) is 4.98 Å². The zero-order valence-electron chi connectivity index (χ0n) is 12.1. The lowest BCUT2D eigenvalue weighted by atomic mass is 10.1. The minimum absolute atomic E-state index is 0. The number of nitrogens with two attached hydrogens (primary N) is 1. The van der Waals surface area contributed by atoms with Crippen molar-refractivity contribution in [2.24, 2.45) is 5.73 Å². The summed E-state index contributed by atoms with van der Waals surface area (Å²) in [7, 11) is -3.19. The van der Waals surface area contributed by atoms with E-state index in [1.54, 1.807) is 24.3 Å². The van der Waals surface area contributed by atoms with Crippen molar-refractivity contribution in [3.05, 3.63) is 48.2 Å². The fourth-order valence-electron chi connectivity index (χ4n) is 1.96. The highest BCUT2D eigenvalue weighted by Crippen LogP contribution is 2.20. The number of rotatable bonds is 5. The molecule has 0 spiro atoms. The monoisotopic (exact) mass is 342 g/mol. The minimum Gasteiger partial charge on any atom is -0.395 e. The molecule has 1 atom stereocenters. The summed E-state index contributed by atoms with van der Waals surface area (Å²) in [6.07, 6.45) is 1.67. The van der Waals surface area contributed by atoms with Gasteiger partial charge in [-0.25, -0.2) is 8.42 Å². The molecular formula is C15H19ClN2O3S. The van der Waals surface area contributed by atoms with E-state index in [0.29, 0.717) is 6.42 Å². The zero-order valence-corrected chi connectivity index (χ0v) is 13.8. The first kappa shape index (κ1) is 18.6. The molecule has 5 nitrogen and oxygen atoms in total. The van der Waals surface area contributed by atoms with Gasteiger partial charge in [0.05, 0.1) is 17.2 Å². The highest BCUT2D eigenvalue weighted by Gasteiger charge is 2.08. The standard InChI is InChI=1S/C15H18N2O3S.ClH/c1-21(19,20)14-7-5-11(6-8-14)15-4-2-3-13(17-15)9-12(16)10-18;/h2-8,12,18H,9-10,16H2,1H3;1H. The molecule has 0 amide bonds. The summed E-state index contributed by atoms with van der Waals surface area (Å²) in [5.74, 6) is 0. The fraction of sp³-hybridized carbons (Fsp3) is 0.267. The van der Waals surface area contributed by atoms with E-state index in [1.807, 2.05) is 18.2 Å². The second-order valence-corrected chi connectivity index (χ2v) is 6.97. The fourth-order valence-corrected chi connectivity index (χ4v) is 2.59. The molecule has 0 fully saturated rings. The molecule has 120 valence electrons. The van der Waals surface area contributed by atoms with Gasteiger partial charge < -0.3 is 10.8 Å². The number of aromatic nitrogens is 1. The molecule has 7 heteroatoms. The zero-order chi connectivity index (χ0) is 15.5. The SMILES string of the molecule is CS(=O)(=O)c1ccc(-c2cccc(CC(N)CO)n2)cc1.Cl. The van der Waals surface area contributed by atoms with Gasteiger partial charge in [-0.05, 0) is 24.3 Å². The van der Waals surface area contributed by atoms with Crippen LogP contribution in [0.4, 0.5) is 0 Å². The van der Waals surface area contributed by atoms with Crippen LogP contribution in [-0.4, -0.2) is 37.4 Å². The molecule has 22 heavy (non-hydrogen) atoms. The van der Waals surface area contributed by atoms with Crippen molar-refractivity contribution in [3.8, 4) is 11.3 Å². The largest absolute Gasteiger partial charge is 0.395 e. The quantitative estimate of drug-likeness (QED) is 0.857. The summed E-state index contributed by atoms with van der Waals surface area (Å²) in [6, 6.07) is 11.8. The average Bonchev–Trinajstić information content (AvgIpc) is 2.46. The van der Waals surface area contributed by atoms with E-state index in [-0.39, 0.29) is 30.0 Å². The third kappa shape index (κ3) is 4.78. The molecule has 3 N–H and O–H groups in total. The van der Waals surface area contributed by atoms with Gasteiger partial charge in [0.15, 0.2) is 9.84 Å². The first-order chi connectivity index (χ1) is 9.90. The van der Waals surface area contributed by atoms with Crippen molar-refractivity contribution in [1.82, 2.24) is 4.98 Å². The van der Waals surface area contributed by atoms with Crippen molar-refractivity contribution >= 4 is 22.2 Å². The van der Waals surface area contributed by atoms with Gasteiger partial charge in [-0.15, -0.1) is 12.4 Å². The Labute approximate surface area is 136 Å². The number of halogens is 1. The number of benzene rings is 1. The Kier molecular flexibility index (Phi) is 6.49. The van der Waals surface area contributed by atoms with E-state index in [2.05, 4.69) is 4.98 Å². The van der Waals surface area contributed by atoms with Gasteiger partial charge in [0.1, 0.15) is 0 Å². The predicted molar refractivity (Wildman–Crippen MR) is 88.8 cm³/mol. The second kappa shape index (κ2) is 7.69. The second-order valence-electron chi connectivity index (χ2n) is 4.96. The van der Waals surface area contributed by atoms with Crippen LogP contribution < -0.4 is 5.73 Å². The predicted octanol–water partition coefficient (Wildman–Crippen LogP) is 1.44. The van der Waals surface area contributed by atoms with Crippen molar-refractivity contribution in [2.75, 3.05) is 12.9 Å². The van der Waals surface area contributed by atoms with Gasteiger partial charge in [0.2, 0.25) is 0 Å². The summed E-state index contributed by atoms with van der Waals surface area (Å²) < 4.78 is 22.9. The minimum atomic E-state index is -3.19. The molecule has 0 saturated carbocycles. The van der Waals surface area contributed by atoms with Crippen LogP contribution in [0.3, 0.4) is 0 Å². The molecule has 2 rings (SSSR count). The maximum Gasteiger partial charge on any atom is 0.175 e.